The number of fused-ring (bicyclic) bond motifs is 7. The van der Waals surface area contributed by atoms with Gasteiger partial charge in [-0.05, 0) is 104 Å². The van der Waals surface area contributed by atoms with Crippen LogP contribution < -0.4 is 0 Å². The summed E-state index contributed by atoms with van der Waals surface area (Å²) in [4.78, 5) is 24.8. The summed E-state index contributed by atoms with van der Waals surface area (Å²) < 4.78 is 5.85. The van der Waals surface area contributed by atoms with E-state index in [0.717, 1.165) is 57.8 Å². The maximum atomic E-state index is 13.0. The number of ether oxygens (including phenoxy) is 1. The standard InChI is InChI=1S/C34H52O7/c1-18-8-14-34(17-22-26(36)27(37)28(38)29(41-22)30(39)40)15-9-20-19(21(34)16-18)6-7-24-32(20,4)12-10-23-31(2,3)25(35)11-13-33(23,24)5/h6,18,20-24,26-29,36-38H,7-17H2,1-5H3,(H,39,40). The van der Waals surface area contributed by atoms with Gasteiger partial charge in [-0.1, -0.05) is 52.7 Å². The molecule has 7 nitrogen and oxygen atoms in total. The topological polar surface area (TPSA) is 124 Å². The van der Waals surface area contributed by atoms with Crippen LogP contribution in [0, 0.1) is 51.2 Å². The molecule has 0 spiro atoms. The van der Waals surface area contributed by atoms with E-state index in [0.29, 0.717) is 48.2 Å². The van der Waals surface area contributed by atoms with Crippen LogP contribution >= 0.6 is 0 Å². The average Bonchev–Trinajstić information content (AvgIpc) is 2.91. The highest BCUT2D eigenvalue weighted by Crippen LogP contribution is 2.71. The third-order valence-corrected chi connectivity index (χ3v) is 14.0. The smallest absolute Gasteiger partial charge is 0.335 e. The highest BCUT2D eigenvalue weighted by atomic mass is 16.6. The van der Waals surface area contributed by atoms with Crippen molar-refractivity contribution < 1.29 is 34.8 Å². The molecule has 6 aliphatic rings. The third kappa shape index (κ3) is 4.26. The summed E-state index contributed by atoms with van der Waals surface area (Å²) in [5.74, 6) is 1.54. The number of carboxylic acids is 1. The van der Waals surface area contributed by atoms with E-state index < -0.39 is 36.5 Å². The zero-order valence-corrected chi connectivity index (χ0v) is 25.6. The Bertz CT molecular complexity index is 1110. The molecule has 7 heteroatoms. The molecule has 0 aromatic rings. The predicted octanol–water partition coefficient (Wildman–Crippen LogP) is 4.90. The van der Waals surface area contributed by atoms with E-state index in [2.05, 4.69) is 40.7 Å². The molecule has 13 unspecified atom stereocenters. The lowest BCUT2D eigenvalue weighted by atomic mass is 9.37. The second kappa shape index (κ2) is 9.87. The lowest BCUT2D eigenvalue weighted by Crippen LogP contribution is -2.62. The highest BCUT2D eigenvalue weighted by Gasteiger charge is 2.65. The minimum atomic E-state index is -1.65. The molecule has 13 atom stereocenters. The van der Waals surface area contributed by atoms with Gasteiger partial charge in [0.25, 0.3) is 0 Å². The molecule has 0 aromatic carbocycles. The van der Waals surface area contributed by atoms with Crippen LogP contribution in [0.4, 0.5) is 0 Å². The molecule has 230 valence electrons. The van der Waals surface area contributed by atoms with Crippen molar-refractivity contribution in [3.63, 3.8) is 0 Å². The van der Waals surface area contributed by atoms with Gasteiger partial charge in [0, 0.05) is 11.8 Å². The Kier molecular flexibility index (Phi) is 7.17. The van der Waals surface area contributed by atoms with E-state index >= 15 is 0 Å². The van der Waals surface area contributed by atoms with Gasteiger partial charge in [0.1, 0.15) is 24.1 Å². The van der Waals surface area contributed by atoms with E-state index in [4.69, 9.17) is 4.74 Å². The van der Waals surface area contributed by atoms with Crippen LogP contribution in [0.2, 0.25) is 0 Å². The summed E-state index contributed by atoms with van der Waals surface area (Å²) in [6.45, 7) is 11.7. The van der Waals surface area contributed by atoms with E-state index in [-0.39, 0.29) is 21.7 Å². The zero-order valence-electron chi connectivity index (χ0n) is 25.6. The lowest BCUT2D eigenvalue weighted by molar-refractivity contribution is -0.237. The number of ketones is 1. The summed E-state index contributed by atoms with van der Waals surface area (Å²) in [7, 11) is 0. The number of carbonyl (C=O) groups is 2. The van der Waals surface area contributed by atoms with Crippen LogP contribution in [0.1, 0.15) is 105 Å². The van der Waals surface area contributed by atoms with Crippen molar-refractivity contribution in [3.05, 3.63) is 11.6 Å². The number of hydrogen-bond donors (Lipinski definition) is 4. The van der Waals surface area contributed by atoms with Gasteiger partial charge in [-0.25, -0.2) is 4.79 Å². The van der Waals surface area contributed by atoms with Gasteiger partial charge in [0.2, 0.25) is 0 Å². The first-order chi connectivity index (χ1) is 19.2. The highest BCUT2D eigenvalue weighted by molar-refractivity contribution is 5.85. The van der Waals surface area contributed by atoms with Crippen molar-refractivity contribution in [1.82, 2.24) is 0 Å². The van der Waals surface area contributed by atoms with Crippen molar-refractivity contribution >= 4 is 11.8 Å². The van der Waals surface area contributed by atoms with Gasteiger partial charge in [-0.15, -0.1) is 0 Å². The van der Waals surface area contributed by atoms with E-state index in [1.165, 1.54) is 0 Å². The van der Waals surface area contributed by atoms with Crippen molar-refractivity contribution in [2.45, 2.75) is 136 Å². The summed E-state index contributed by atoms with van der Waals surface area (Å²) in [5.41, 5.74) is 1.55. The molecule has 1 aliphatic heterocycles. The van der Waals surface area contributed by atoms with Crippen LogP contribution in [-0.2, 0) is 14.3 Å². The second-order valence-corrected chi connectivity index (χ2v) is 16.2. The molecule has 0 amide bonds. The number of Topliss-reactive ketones (excluding diaryl/α,β-unsaturated/α-hetero) is 1. The predicted molar refractivity (Wildman–Crippen MR) is 154 cm³/mol. The lowest BCUT2D eigenvalue weighted by Gasteiger charge is -2.67. The number of carboxylic acid groups (broad SMARTS) is 1. The van der Waals surface area contributed by atoms with Crippen LogP contribution in [0.25, 0.3) is 0 Å². The van der Waals surface area contributed by atoms with Gasteiger partial charge in [0.05, 0.1) is 6.10 Å². The number of aliphatic carboxylic acids is 1. The van der Waals surface area contributed by atoms with Crippen molar-refractivity contribution in [2.75, 3.05) is 0 Å². The third-order valence-electron chi connectivity index (χ3n) is 14.0. The molecule has 5 aliphatic carbocycles. The van der Waals surface area contributed by atoms with Crippen molar-refractivity contribution in [3.8, 4) is 0 Å². The van der Waals surface area contributed by atoms with E-state index in [1.807, 2.05) is 0 Å². The number of rotatable bonds is 3. The van der Waals surface area contributed by atoms with Gasteiger partial charge >= 0.3 is 5.97 Å². The van der Waals surface area contributed by atoms with Gasteiger partial charge < -0.3 is 25.2 Å². The number of carbonyl (C=O) groups excluding carboxylic acids is 1. The number of aliphatic hydroxyl groups excluding tert-OH is 3. The molecule has 0 bridgehead atoms. The quantitative estimate of drug-likeness (QED) is 0.355. The number of allylic oxidation sites excluding steroid dienone is 2. The van der Waals surface area contributed by atoms with Crippen molar-refractivity contribution in [1.29, 1.82) is 0 Å². The molecular weight excluding hydrogens is 520 g/mol. The van der Waals surface area contributed by atoms with Crippen LogP contribution in [0.15, 0.2) is 11.6 Å². The second-order valence-electron chi connectivity index (χ2n) is 16.2. The van der Waals surface area contributed by atoms with Gasteiger partial charge in [-0.3, -0.25) is 4.79 Å². The SMILES string of the molecule is CC1CCC2(CC3OC(C(=O)O)C(O)C(O)C3O)CCC3C(=CCC4C3(C)CCC3C(C)(C)C(=O)CCC34C)C2C1. The fourth-order valence-corrected chi connectivity index (χ4v) is 11.8. The Morgan fingerprint density at radius 2 is 1.61 bits per heavy atom. The molecular formula is C34H52O7. The maximum Gasteiger partial charge on any atom is 0.335 e. The van der Waals surface area contributed by atoms with Gasteiger partial charge in [-0.2, -0.15) is 0 Å². The maximum absolute atomic E-state index is 13.0. The molecule has 1 heterocycles. The van der Waals surface area contributed by atoms with Crippen LogP contribution in [0.3, 0.4) is 0 Å². The first-order valence-corrected chi connectivity index (χ1v) is 16.3. The Hall–Kier alpha value is -1.28. The summed E-state index contributed by atoms with van der Waals surface area (Å²) in [6, 6.07) is 0. The van der Waals surface area contributed by atoms with Crippen molar-refractivity contribution in [2.24, 2.45) is 51.2 Å². The zero-order chi connectivity index (χ0) is 29.7. The molecule has 4 N–H and O–H groups in total. The van der Waals surface area contributed by atoms with Crippen LogP contribution in [0.5, 0.6) is 0 Å². The number of hydrogen-bond acceptors (Lipinski definition) is 6. The normalized spacial score (nSPS) is 52.8. The fourth-order valence-electron chi connectivity index (χ4n) is 11.8. The van der Waals surface area contributed by atoms with Gasteiger partial charge in [0.15, 0.2) is 6.10 Å². The first kappa shape index (κ1) is 29.8. The number of aliphatic hydroxyl groups is 3. The first-order valence-electron chi connectivity index (χ1n) is 16.3. The Balaban J connectivity index is 1.32. The monoisotopic (exact) mass is 572 g/mol. The average molecular weight is 573 g/mol. The molecule has 5 fully saturated rings. The Labute approximate surface area is 245 Å². The van der Waals surface area contributed by atoms with E-state index in [1.54, 1.807) is 5.57 Å². The Morgan fingerprint density at radius 1 is 0.902 bits per heavy atom. The molecule has 6 rings (SSSR count). The van der Waals surface area contributed by atoms with E-state index in [9.17, 15) is 30.0 Å². The summed E-state index contributed by atoms with van der Waals surface area (Å²) >= 11 is 0. The fraction of sp³-hybridized carbons (Fsp3) is 0.882. The summed E-state index contributed by atoms with van der Waals surface area (Å²) in [6.07, 6.45) is 6.45. The Morgan fingerprint density at radius 3 is 2.32 bits per heavy atom. The molecule has 1 saturated heterocycles. The molecule has 0 aromatic heterocycles. The molecule has 4 saturated carbocycles. The minimum absolute atomic E-state index is 0.116. The minimum Gasteiger partial charge on any atom is -0.479 e. The molecule has 41 heavy (non-hydrogen) atoms. The molecule has 0 radical (unpaired) electrons. The van der Waals surface area contributed by atoms with Crippen LogP contribution in [-0.4, -0.2) is 62.7 Å². The largest absolute Gasteiger partial charge is 0.479 e. The summed E-state index contributed by atoms with van der Waals surface area (Å²) in [5, 5.41) is 41.4.